The van der Waals surface area contributed by atoms with E-state index in [1.165, 1.54) is 56.2 Å². The highest BCUT2D eigenvalue weighted by atomic mass is 79.9. The summed E-state index contributed by atoms with van der Waals surface area (Å²) in [5, 5.41) is 0. The van der Waals surface area contributed by atoms with Crippen molar-refractivity contribution in [1.82, 2.24) is 4.98 Å². The maximum atomic E-state index is 3.81. The first-order valence-electron chi connectivity index (χ1n) is 7.82. The molecule has 1 aromatic carbocycles. The van der Waals surface area contributed by atoms with E-state index in [0.29, 0.717) is 0 Å². The molecule has 1 N–H and O–H groups in total. The van der Waals surface area contributed by atoms with Gasteiger partial charge in [-0.1, -0.05) is 40.9 Å². The van der Waals surface area contributed by atoms with E-state index in [0.717, 1.165) is 10.4 Å². The van der Waals surface area contributed by atoms with Crippen LogP contribution in [0.3, 0.4) is 0 Å². The van der Waals surface area contributed by atoms with Gasteiger partial charge in [0.2, 0.25) is 0 Å². The average molecular weight is 330 g/mol. The van der Waals surface area contributed by atoms with Gasteiger partial charge < -0.3 is 4.98 Å². The van der Waals surface area contributed by atoms with Gasteiger partial charge in [-0.05, 0) is 66.8 Å². The van der Waals surface area contributed by atoms with Crippen LogP contribution < -0.4 is 0 Å². The van der Waals surface area contributed by atoms with Crippen LogP contribution in [-0.2, 0) is 12.8 Å². The Morgan fingerprint density at radius 3 is 2.35 bits per heavy atom. The molecule has 0 bridgehead atoms. The van der Waals surface area contributed by atoms with Crippen molar-refractivity contribution >= 4 is 15.9 Å². The molecule has 0 aliphatic heterocycles. The van der Waals surface area contributed by atoms with Crippen LogP contribution in [0, 0.1) is 0 Å². The molecule has 2 aliphatic carbocycles. The van der Waals surface area contributed by atoms with Gasteiger partial charge in [0, 0.05) is 15.9 Å². The van der Waals surface area contributed by atoms with Gasteiger partial charge in [0.1, 0.15) is 0 Å². The highest BCUT2D eigenvalue weighted by Crippen LogP contribution is 2.42. The normalized spacial score (nSPS) is 18.6. The maximum Gasteiger partial charge on any atom is 0.0491 e. The lowest BCUT2D eigenvalue weighted by molar-refractivity contribution is 0.692. The van der Waals surface area contributed by atoms with Gasteiger partial charge in [-0.25, -0.2) is 0 Å². The minimum absolute atomic E-state index is 0.797. The molecule has 1 heterocycles. The van der Waals surface area contributed by atoms with Crippen LogP contribution in [0.1, 0.15) is 54.8 Å². The van der Waals surface area contributed by atoms with Crippen molar-refractivity contribution < 1.29 is 0 Å². The topological polar surface area (TPSA) is 15.8 Å². The van der Waals surface area contributed by atoms with E-state index in [9.17, 15) is 0 Å². The van der Waals surface area contributed by atoms with Crippen LogP contribution in [0.5, 0.6) is 0 Å². The molecule has 2 aliphatic rings. The summed E-state index contributed by atoms with van der Waals surface area (Å²) in [6.45, 7) is 0. The summed E-state index contributed by atoms with van der Waals surface area (Å²) in [5.41, 5.74) is 7.58. The second-order valence-corrected chi connectivity index (χ2v) is 7.13. The number of H-pyrrole nitrogens is 1. The van der Waals surface area contributed by atoms with Gasteiger partial charge in [0.15, 0.2) is 0 Å². The average Bonchev–Trinajstić information content (AvgIpc) is 3.16. The van der Waals surface area contributed by atoms with Crippen molar-refractivity contribution in [3.8, 4) is 11.3 Å². The van der Waals surface area contributed by atoms with Crippen molar-refractivity contribution in [1.29, 1.82) is 0 Å². The molecule has 0 atom stereocenters. The second kappa shape index (κ2) is 5.07. The highest BCUT2D eigenvalue weighted by molar-refractivity contribution is 9.10. The third-order valence-electron chi connectivity index (χ3n) is 5.00. The Balaban J connectivity index is 1.80. The summed E-state index contributed by atoms with van der Waals surface area (Å²) in [7, 11) is 0. The predicted octanol–water partition coefficient (Wildman–Crippen LogP) is 5.59. The van der Waals surface area contributed by atoms with Crippen LogP contribution in [0.25, 0.3) is 11.3 Å². The van der Waals surface area contributed by atoms with Crippen LogP contribution in [0.4, 0.5) is 0 Å². The van der Waals surface area contributed by atoms with Crippen molar-refractivity contribution in [3.05, 3.63) is 45.6 Å². The third-order valence-corrected chi connectivity index (χ3v) is 5.53. The number of aromatic nitrogens is 1. The van der Waals surface area contributed by atoms with Crippen LogP contribution in [0.2, 0.25) is 0 Å². The van der Waals surface area contributed by atoms with E-state index in [4.69, 9.17) is 0 Å². The fourth-order valence-corrected chi connectivity index (χ4v) is 4.29. The molecule has 2 heteroatoms. The number of halogens is 1. The summed E-state index contributed by atoms with van der Waals surface area (Å²) in [4.78, 5) is 3.81. The number of hydrogen-bond acceptors (Lipinski definition) is 0. The molecule has 0 radical (unpaired) electrons. The Morgan fingerprint density at radius 2 is 1.60 bits per heavy atom. The Hall–Kier alpha value is -1.02. The van der Waals surface area contributed by atoms with E-state index in [1.54, 1.807) is 16.8 Å². The molecule has 0 unspecified atom stereocenters. The third kappa shape index (κ3) is 2.05. The first kappa shape index (κ1) is 12.7. The van der Waals surface area contributed by atoms with Crippen molar-refractivity contribution in [2.75, 3.05) is 0 Å². The van der Waals surface area contributed by atoms with E-state index in [2.05, 4.69) is 45.2 Å². The quantitative estimate of drug-likeness (QED) is 0.739. The minimum atomic E-state index is 0.797. The molecule has 4 rings (SSSR count). The smallest absolute Gasteiger partial charge is 0.0491 e. The zero-order chi connectivity index (χ0) is 13.5. The lowest BCUT2D eigenvalue weighted by atomic mass is 9.98. The zero-order valence-corrected chi connectivity index (χ0v) is 13.3. The Morgan fingerprint density at radius 1 is 0.900 bits per heavy atom. The van der Waals surface area contributed by atoms with Crippen molar-refractivity contribution in [3.63, 3.8) is 0 Å². The summed E-state index contributed by atoms with van der Waals surface area (Å²) >= 11 is 3.53. The van der Waals surface area contributed by atoms with Crippen LogP contribution >= 0.6 is 15.9 Å². The van der Waals surface area contributed by atoms with Crippen LogP contribution in [-0.4, -0.2) is 4.98 Å². The number of aromatic amines is 1. The molecule has 2 aromatic rings. The fraction of sp³-hybridized carbons (Fsp3) is 0.444. The lowest BCUT2D eigenvalue weighted by Gasteiger charge is -2.09. The molecule has 1 saturated carbocycles. The first-order chi connectivity index (χ1) is 9.83. The van der Waals surface area contributed by atoms with Gasteiger partial charge in [0.05, 0.1) is 0 Å². The van der Waals surface area contributed by atoms with Gasteiger partial charge in [-0.3, -0.25) is 0 Å². The van der Waals surface area contributed by atoms with E-state index < -0.39 is 0 Å². The van der Waals surface area contributed by atoms with Crippen LogP contribution in [0.15, 0.2) is 28.7 Å². The molecule has 104 valence electrons. The van der Waals surface area contributed by atoms with E-state index >= 15 is 0 Å². The lowest BCUT2D eigenvalue weighted by Crippen LogP contribution is -1.96. The molecular weight excluding hydrogens is 310 g/mol. The zero-order valence-electron chi connectivity index (χ0n) is 11.7. The fourth-order valence-electron chi connectivity index (χ4n) is 4.03. The summed E-state index contributed by atoms with van der Waals surface area (Å²) in [5.74, 6) is 0.797. The number of hydrogen-bond donors (Lipinski definition) is 1. The Kier molecular flexibility index (Phi) is 3.22. The maximum absolute atomic E-state index is 3.81. The molecule has 1 aromatic heterocycles. The standard InChI is InChI=1S/C18H20BrN/c19-14-10-8-13(9-11-14)18-16-7-3-6-15(16)17(20-18)12-4-1-2-5-12/h8-12,20H,1-7H2. The summed E-state index contributed by atoms with van der Waals surface area (Å²) in [6.07, 6.45) is 9.46. The first-order valence-corrected chi connectivity index (χ1v) is 8.62. The van der Waals surface area contributed by atoms with Gasteiger partial charge in [0.25, 0.3) is 0 Å². The molecule has 0 amide bonds. The second-order valence-electron chi connectivity index (χ2n) is 6.21. The Labute approximate surface area is 128 Å². The van der Waals surface area contributed by atoms with Gasteiger partial charge in [-0.2, -0.15) is 0 Å². The van der Waals surface area contributed by atoms with Gasteiger partial charge >= 0.3 is 0 Å². The largest absolute Gasteiger partial charge is 0.358 e. The molecule has 0 spiro atoms. The van der Waals surface area contributed by atoms with E-state index in [1.807, 2.05) is 0 Å². The number of fused-ring (bicyclic) bond motifs is 1. The number of benzene rings is 1. The molecule has 0 saturated heterocycles. The van der Waals surface area contributed by atoms with Crippen molar-refractivity contribution in [2.24, 2.45) is 0 Å². The summed E-state index contributed by atoms with van der Waals surface area (Å²) in [6, 6.07) is 8.75. The summed E-state index contributed by atoms with van der Waals surface area (Å²) < 4.78 is 1.15. The minimum Gasteiger partial charge on any atom is -0.358 e. The predicted molar refractivity (Wildman–Crippen MR) is 87.2 cm³/mol. The SMILES string of the molecule is Brc1ccc(-c2[nH]c(C3CCCC3)c3c2CCC3)cc1. The van der Waals surface area contributed by atoms with E-state index in [-0.39, 0.29) is 0 Å². The molecule has 1 fully saturated rings. The molecule has 20 heavy (non-hydrogen) atoms. The monoisotopic (exact) mass is 329 g/mol. The number of nitrogens with one attached hydrogen (secondary N) is 1. The highest BCUT2D eigenvalue weighted by Gasteiger charge is 2.28. The Bertz CT molecular complexity index is 618. The molecule has 1 nitrogen and oxygen atoms in total. The molecular formula is C18H20BrN. The number of rotatable bonds is 2. The van der Waals surface area contributed by atoms with Crippen molar-refractivity contribution in [2.45, 2.75) is 50.9 Å². The van der Waals surface area contributed by atoms with Gasteiger partial charge in [-0.15, -0.1) is 0 Å².